The molecule has 0 atom stereocenters. The van der Waals surface area contributed by atoms with E-state index < -0.39 is 0 Å². The molecular formula is C16H14N4O2. The summed E-state index contributed by atoms with van der Waals surface area (Å²) in [6, 6.07) is 7.93. The summed E-state index contributed by atoms with van der Waals surface area (Å²) >= 11 is 0. The first-order chi connectivity index (χ1) is 10.8. The van der Waals surface area contributed by atoms with Crippen molar-refractivity contribution in [3.63, 3.8) is 0 Å². The van der Waals surface area contributed by atoms with Crippen LogP contribution in [0.5, 0.6) is 0 Å². The number of oxazole rings is 1. The number of hydrogen-bond acceptors (Lipinski definition) is 5. The lowest BCUT2D eigenvalue weighted by molar-refractivity contribution is 0.411. The molecule has 0 fully saturated rings. The molecule has 4 rings (SSSR count). The largest absolute Gasteiger partial charge is 0.435 e. The Morgan fingerprint density at radius 2 is 2.09 bits per heavy atom. The van der Waals surface area contributed by atoms with Gasteiger partial charge < -0.3 is 13.9 Å². The van der Waals surface area contributed by atoms with Crippen LogP contribution in [0, 0.1) is 6.92 Å². The van der Waals surface area contributed by atoms with Crippen LogP contribution in [0.1, 0.15) is 18.5 Å². The minimum Gasteiger partial charge on any atom is -0.435 e. The van der Waals surface area contributed by atoms with E-state index in [1.807, 2.05) is 44.3 Å². The van der Waals surface area contributed by atoms with Crippen molar-refractivity contribution in [2.45, 2.75) is 20.3 Å². The van der Waals surface area contributed by atoms with Crippen LogP contribution in [0.25, 0.3) is 33.9 Å². The van der Waals surface area contributed by atoms with Crippen LogP contribution >= 0.6 is 0 Å². The summed E-state index contributed by atoms with van der Waals surface area (Å²) in [5.41, 5.74) is 2.71. The van der Waals surface area contributed by atoms with Gasteiger partial charge in [-0.1, -0.05) is 24.2 Å². The number of nitrogens with one attached hydrogen (secondary N) is 1. The van der Waals surface area contributed by atoms with Crippen LogP contribution in [-0.2, 0) is 6.42 Å². The van der Waals surface area contributed by atoms with Crippen LogP contribution < -0.4 is 0 Å². The Kier molecular flexibility index (Phi) is 2.82. The summed E-state index contributed by atoms with van der Waals surface area (Å²) in [6.07, 6.45) is 2.62. The van der Waals surface area contributed by atoms with Gasteiger partial charge in [-0.25, -0.2) is 4.98 Å². The number of fused-ring (bicyclic) bond motifs is 1. The van der Waals surface area contributed by atoms with Crippen molar-refractivity contribution in [3.8, 4) is 23.0 Å². The molecule has 22 heavy (non-hydrogen) atoms. The molecule has 3 aromatic heterocycles. The fourth-order valence-electron chi connectivity index (χ4n) is 2.51. The summed E-state index contributed by atoms with van der Waals surface area (Å²) in [4.78, 5) is 12.0. The molecule has 0 aliphatic heterocycles. The number of H-pyrrole nitrogens is 1. The lowest BCUT2D eigenvalue weighted by Gasteiger charge is -1.96. The molecule has 1 N–H and O–H groups in total. The molecule has 0 saturated heterocycles. The lowest BCUT2D eigenvalue weighted by atomic mass is 10.1. The summed E-state index contributed by atoms with van der Waals surface area (Å²) < 4.78 is 11.0. The van der Waals surface area contributed by atoms with Gasteiger partial charge in [-0.15, -0.1) is 0 Å². The van der Waals surface area contributed by atoms with Gasteiger partial charge in [0.15, 0.2) is 5.89 Å². The standard InChI is InChI=1S/C16H14N4O2/c1-3-13-18-9(2)14(21-13)16-19-15(20-22-16)11-5-4-6-12-10(11)7-8-17-12/h4-8,17H,3H2,1-2H3. The van der Waals surface area contributed by atoms with Gasteiger partial charge >= 0.3 is 0 Å². The summed E-state index contributed by atoms with van der Waals surface area (Å²) in [5, 5.41) is 5.14. The van der Waals surface area contributed by atoms with E-state index in [9.17, 15) is 0 Å². The van der Waals surface area contributed by atoms with E-state index in [1.165, 1.54) is 0 Å². The molecule has 0 bridgehead atoms. The van der Waals surface area contributed by atoms with Gasteiger partial charge in [-0.05, 0) is 19.1 Å². The number of hydrogen-bond donors (Lipinski definition) is 1. The first-order valence-electron chi connectivity index (χ1n) is 7.13. The second-order valence-electron chi connectivity index (χ2n) is 5.04. The van der Waals surface area contributed by atoms with Crippen molar-refractivity contribution in [1.82, 2.24) is 20.1 Å². The van der Waals surface area contributed by atoms with Crippen molar-refractivity contribution in [3.05, 3.63) is 42.0 Å². The Morgan fingerprint density at radius 3 is 2.91 bits per heavy atom. The van der Waals surface area contributed by atoms with Crippen LogP contribution in [0.2, 0.25) is 0 Å². The van der Waals surface area contributed by atoms with Gasteiger partial charge in [-0.2, -0.15) is 4.98 Å². The fraction of sp³-hybridized carbons (Fsp3) is 0.188. The normalized spacial score (nSPS) is 11.4. The van der Waals surface area contributed by atoms with Gasteiger partial charge in [0.2, 0.25) is 11.6 Å². The molecular weight excluding hydrogens is 280 g/mol. The highest BCUT2D eigenvalue weighted by Gasteiger charge is 2.19. The second-order valence-corrected chi connectivity index (χ2v) is 5.04. The predicted octanol–water partition coefficient (Wildman–Crippen LogP) is 3.74. The number of nitrogens with zero attached hydrogens (tertiary/aromatic N) is 3. The molecule has 0 radical (unpaired) electrons. The molecule has 0 saturated carbocycles. The van der Waals surface area contributed by atoms with Crippen LogP contribution in [0.4, 0.5) is 0 Å². The Labute approximate surface area is 126 Å². The van der Waals surface area contributed by atoms with Crippen molar-refractivity contribution in [2.75, 3.05) is 0 Å². The molecule has 0 spiro atoms. The predicted molar refractivity (Wildman–Crippen MR) is 81.2 cm³/mol. The molecule has 0 aliphatic carbocycles. The van der Waals surface area contributed by atoms with Crippen molar-refractivity contribution < 1.29 is 8.94 Å². The van der Waals surface area contributed by atoms with Crippen LogP contribution in [0.3, 0.4) is 0 Å². The highest BCUT2D eigenvalue weighted by molar-refractivity contribution is 5.93. The second kappa shape index (κ2) is 4.84. The van der Waals surface area contributed by atoms with Crippen molar-refractivity contribution >= 4 is 10.9 Å². The van der Waals surface area contributed by atoms with Crippen molar-refractivity contribution in [1.29, 1.82) is 0 Å². The third-order valence-corrected chi connectivity index (χ3v) is 3.60. The molecule has 0 unspecified atom stereocenters. The number of aromatic nitrogens is 4. The number of rotatable bonds is 3. The Morgan fingerprint density at radius 1 is 1.18 bits per heavy atom. The van der Waals surface area contributed by atoms with E-state index in [1.54, 1.807) is 0 Å². The van der Waals surface area contributed by atoms with E-state index in [0.717, 1.165) is 28.6 Å². The Balaban J connectivity index is 1.81. The quantitative estimate of drug-likeness (QED) is 0.622. The first-order valence-corrected chi connectivity index (χ1v) is 7.13. The summed E-state index contributed by atoms with van der Waals surface area (Å²) in [5.74, 6) is 2.10. The van der Waals surface area contributed by atoms with E-state index in [4.69, 9.17) is 8.94 Å². The third kappa shape index (κ3) is 1.92. The number of benzene rings is 1. The van der Waals surface area contributed by atoms with E-state index in [0.29, 0.717) is 23.4 Å². The zero-order valence-electron chi connectivity index (χ0n) is 12.3. The Bertz CT molecular complexity index is 948. The molecule has 3 heterocycles. The monoisotopic (exact) mass is 294 g/mol. The average Bonchev–Trinajstić information content (AvgIpc) is 3.25. The third-order valence-electron chi connectivity index (χ3n) is 3.60. The smallest absolute Gasteiger partial charge is 0.295 e. The number of aromatic amines is 1. The SMILES string of the molecule is CCc1nc(C)c(-c2nc(-c3cccc4[nH]ccc34)no2)o1. The van der Waals surface area contributed by atoms with Gasteiger partial charge in [0, 0.05) is 29.1 Å². The molecule has 110 valence electrons. The average molecular weight is 294 g/mol. The van der Waals surface area contributed by atoms with Crippen molar-refractivity contribution in [2.24, 2.45) is 0 Å². The maximum Gasteiger partial charge on any atom is 0.295 e. The first kappa shape index (κ1) is 12.8. The van der Waals surface area contributed by atoms with Gasteiger partial charge in [0.1, 0.15) is 0 Å². The van der Waals surface area contributed by atoms with Crippen LogP contribution in [-0.4, -0.2) is 20.1 Å². The molecule has 6 heteroatoms. The Hall–Kier alpha value is -2.89. The minimum atomic E-state index is 0.354. The van der Waals surface area contributed by atoms with Crippen LogP contribution in [0.15, 0.2) is 39.4 Å². The minimum absolute atomic E-state index is 0.354. The molecule has 0 aliphatic rings. The molecule has 0 amide bonds. The molecule has 4 aromatic rings. The van der Waals surface area contributed by atoms with E-state index in [-0.39, 0.29) is 0 Å². The highest BCUT2D eigenvalue weighted by Crippen LogP contribution is 2.29. The van der Waals surface area contributed by atoms with E-state index in [2.05, 4.69) is 20.1 Å². The fourth-order valence-corrected chi connectivity index (χ4v) is 2.51. The van der Waals surface area contributed by atoms with Gasteiger partial charge in [-0.3, -0.25) is 0 Å². The van der Waals surface area contributed by atoms with E-state index >= 15 is 0 Å². The summed E-state index contributed by atoms with van der Waals surface area (Å²) in [7, 11) is 0. The topological polar surface area (TPSA) is 80.7 Å². The lowest BCUT2D eigenvalue weighted by Crippen LogP contribution is -1.83. The maximum absolute atomic E-state index is 5.66. The molecule has 6 nitrogen and oxygen atoms in total. The zero-order valence-corrected chi connectivity index (χ0v) is 12.3. The zero-order chi connectivity index (χ0) is 15.1. The van der Waals surface area contributed by atoms with Gasteiger partial charge in [0.25, 0.3) is 5.89 Å². The number of aryl methyl sites for hydroxylation is 2. The maximum atomic E-state index is 5.66. The summed E-state index contributed by atoms with van der Waals surface area (Å²) in [6.45, 7) is 3.86. The van der Waals surface area contributed by atoms with Gasteiger partial charge in [0.05, 0.1) is 5.69 Å². The molecule has 1 aromatic carbocycles. The highest BCUT2D eigenvalue weighted by atomic mass is 16.5.